The van der Waals surface area contributed by atoms with Crippen LogP contribution in [0.4, 0.5) is 13.2 Å². The van der Waals surface area contributed by atoms with Gasteiger partial charge in [0.25, 0.3) is 0 Å². The van der Waals surface area contributed by atoms with Crippen LogP contribution in [0.15, 0.2) is 41.3 Å². The van der Waals surface area contributed by atoms with Crippen molar-refractivity contribution in [3.05, 3.63) is 58.9 Å². The third kappa shape index (κ3) is 4.20. The molecule has 3 N–H and O–H groups in total. The molecule has 0 saturated carbocycles. The number of nitrogens with zero attached hydrogens (tertiary/aromatic N) is 1. The molecule has 2 aromatic carbocycles. The van der Waals surface area contributed by atoms with E-state index < -0.39 is 33.6 Å². The Morgan fingerprint density at radius 2 is 1.90 bits per heavy atom. The van der Waals surface area contributed by atoms with Gasteiger partial charge in [0.2, 0.25) is 10.0 Å². The molecule has 1 atom stereocenters. The molecule has 0 bridgehead atoms. The maximum absolute atomic E-state index is 13.8. The van der Waals surface area contributed by atoms with Crippen molar-refractivity contribution < 1.29 is 36.5 Å². The standard InChI is InChI=1S/C18H15F3N2O5S/c19-13-7-11(10-22)8-14(9-13)28-18(25,17(20,21)24)23-29(26,27)16-6-2-4-12-3-1-5-15(12)16/h2,4,6-9,23-25H,1,3,5H2/t18-/m0/s1. The summed E-state index contributed by atoms with van der Waals surface area (Å²) in [6, 6.07) is 7.91. The third-order valence-corrected chi connectivity index (χ3v) is 5.85. The van der Waals surface area contributed by atoms with E-state index in [-0.39, 0.29) is 10.5 Å². The van der Waals surface area contributed by atoms with Gasteiger partial charge in [-0.05, 0) is 48.6 Å². The Kier molecular flexibility index (Phi) is 5.31. The molecule has 7 nitrogen and oxygen atoms in total. The van der Waals surface area contributed by atoms with Crippen LogP contribution in [0.5, 0.6) is 5.75 Å². The van der Waals surface area contributed by atoms with Gasteiger partial charge in [0.05, 0.1) is 16.5 Å². The molecule has 3 rings (SSSR count). The fourth-order valence-corrected chi connectivity index (χ4v) is 4.53. The van der Waals surface area contributed by atoms with Crippen LogP contribution in [0.1, 0.15) is 23.1 Å². The zero-order valence-electron chi connectivity index (χ0n) is 14.7. The lowest BCUT2D eigenvalue weighted by atomic mass is 10.1. The van der Waals surface area contributed by atoms with Crippen LogP contribution >= 0.6 is 0 Å². The van der Waals surface area contributed by atoms with Gasteiger partial charge in [0.15, 0.2) is 0 Å². The summed E-state index contributed by atoms with van der Waals surface area (Å²) in [6.07, 6.45) is -3.47. The molecule has 0 spiro atoms. The molecule has 11 heteroatoms. The number of nitrogens with one attached hydrogen (secondary N) is 1. The summed E-state index contributed by atoms with van der Waals surface area (Å²) in [4.78, 5) is -0.351. The van der Waals surface area contributed by atoms with Crippen LogP contribution in [0.2, 0.25) is 0 Å². The Hall–Kier alpha value is -2.65. The van der Waals surface area contributed by atoms with Crippen molar-refractivity contribution >= 4 is 10.0 Å². The van der Waals surface area contributed by atoms with Gasteiger partial charge in [-0.3, -0.25) is 0 Å². The highest BCUT2D eigenvalue weighted by Crippen LogP contribution is 2.33. The van der Waals surface area contributed by atoms with Gasteiger partial charge in [-0.1, -0.05) is 12.1 Å². The molecule has 0 aromatic heterocycles. The first-order chi connectivity index (χ1) is 13.4. The zero-order chi connectivity index (χ0) is 21.4. The molecule has 2 aromatic rings. The molecular formula is C18H15F3N2O5S. The van der Waals surface area contributed by atoms with E-state index in [1.807, 2.05) is 0 Å². The Labute approximate surface area is 164 Å². The number of hydrogen-bond donors (Lipinski definition) is 3. The van der Waals surface area contributed by atoms with E-state index in [2.05, 4.69) is 4.74 Å². The highest BCUT2D eigenvalue weighted by Gasteiger charge is 2.58. The molecular weight excluding hydrogens is 413 g/mol. The first kappa shape index (κ1) is 21.1. The maximum Gasteiger partial charge on any atom is 0.436 e. The van der Waals surface area contributed by atoms with Crippen molar-refractivity contribution in [3.63, 3.8) is 0 Å². The van der Waals surface area contributed by atoms with Crippen LogP contribution in [-0.4, -0.2) is 30.7 Å². The van der Waals surface area contributed by atoms with Crippen LogP contribution in [-0.2, 0) is 22.9 Å². The number of alkyl halides is 2. The number of rotatable bonds is 6. The van der Waals surface area contributed by atoms with E-state index in [0.717, 1.165) is 17.7 Å². The number of fused-ring (bicyclic) bond motifs is 1. The summed E-state index contributed by atoms with van der Waals surface area (Å²) < 4.78 is 72.3. The minimum Gasteiger partial charge on any atom is -0.441 e. The summed E-state index contributed by atoms with van der Waals surface area (Å²) in [6.45, 7) is 0. The van der Waals surface area contributed by atoms with E-state index in [1.54, 1.807) is 12.1 Å². The zero-order valence-corrected chi connectivity index (χ0v) is 15.5. The molecule has 0 saturated heterocycles. The number of sulfonamides is 1. The summed E-state index contributed by atoms with van der Waals surface area (Å²) in [5.74, 6) is -6.04. The quantitative estimate of drug-likeness (QED) is 0.604. The van der Waals surface area contributed by atoms with Crippen molar-refractivity contribution in [1.29, 1.82) is 5.26 Å². The Morgan fingerprint density at radius 1 is 1.17 bits per heavy atom. The second kappa shape index (κ2) is 7.31. The van der Waals surface area contributed by atoms with Crippen LogP contribution < -0.4 is 9.46 Å². The predicted molar refractivity (Wildman–Crippen MR) is 92.6 cm³/mol. The van der Waals surface area contributed by atoms with Crippen molar-refractivity contribution in [2.45, 2.75) is 36.2 Å². The predicted octanol–water partition coefficient (Wildman–Crippen LogP) is 1.77. The number of benzene rings is 2. The fraction of sp³-hybridized carbons (Fsp3) is 0.278. The van der Waals surface area contributed by atoms with Gasteiger partial charge in [-0.25, -0.2) is 12.8 Å². The maximum atomic E-state index is 13.8. The molecule has 0 unspecified atom stereocenters. The van der Waals surface area contributed by atoms with Crippen LogP contribution in [0, 0.1) is 17.1 Å². The number of ether oxygens (including phenoxy) is 1. The number of halogens is 3. The van der Waals surface area contributed by atoms with E-state index >= 15 is 0 Å². The lowest BCUT2D eigenvalue weighted by molar-refractivity contribution is -0.374. The Bertz CT molecular complexity index is 1100. The Morgan fingerprint density at radius 3 is 2.55 bits per heavy atom. The number of hydrogen-bond acceptors (Lipinski definition) is 6. The summed E-state index contributed by atoms with van der Waals surface area (Å²) in [7, 11) is -4.80. The lowest BCUT2D eigenvalue weighted by Crippen LogP contribution is -2.64. The van der Waals surface area contributed by atoms with Gasteiger partial charge in [-0.2, -0.15) is 14.0 Å². The van der Waals surface area contributed by atoms with Crippen molar-refractivity contribution in [1.82, 2.24) is 4.72 Å². The molecule has 1 aliphatic rings. The molecule has 0 aliphatic heterocycles. The molecule has 0 heterocycles. The van der Waals surface area contributed by atoms with Crippen LogP contribution in [0.25, 0.3) is 0 Å². The summed E-state index contributed by atoms with van der Waals surface area (Å²) in [5, 5.41) is 28.1. The van der Waals surface area contributed by atoms with Gasteiger partial charge in [0, 0.05) is 6.07 Å². The Balaban J connectivity index is 2.01. The smallest absolute Gasteiger partial charge is 0.436 e. The van der Waals surface area contributed by atoms with Crippen molar-refractivity contribution in [3.8, 4) is 11.8 Å². The topological polar surface area (TPSA) is 120 Å². The molecule has 0 amide bonds. The van der Waals surface area contributed by atoms with Gasteiger partial charge >= 0.3 is 12.0 Å². The fourth-order valence-electron chi connectivity index (χ4n) is 3.07. The molecule has 154 valence electrons. The first-order valence-corrected chi connectivity index (χ1v) is 9.80. The van der Waals surface area contributed by atoms with Gasteiger partial charge < -0.3 is 14.9 Å². The van der Waals surface area contributed by atoms with Crippen molar-refractivity contribution in [2.75, 3.05) is 0 Å². The first-order valence-electron chi connectivity index (χ1n) is 8.32. The average Bonchev–Trinajstić information content (AvgIpc) is 3.08. The summed E-state index contributed by atoms with van der Waals surface area (Å²) in [5.41, 5.74) is 0.783. The van der Waals surface area contributed by atoms with Crippen LogP contribution in [0.3, 0.4) is 0 Å². The van der Waals surface area contributed by atoms with E-state index in [4.69, 9.17) is 10.4 Å². The molecule has 0 radical (unpaired) electrons. The minimum atomic E-state index is -5.13. The highest BCUT2D eigenvalue weighted by atomic mass is 32.2. The van der Waals surface area contributed by atoms with Crippen molar-refractivity contribution in [2.24, 2.45) is 0 Å². The van der Waals surface area contributed by atoms with E-state index in [1.165, 1.54) is 16.9 Å². The highest BCUT2D eigenvalue weighted by molar-refractivity contribution is 7.89. The largest absolute Gasteiger partial charge is 0.441 e. The van der Waals surface area contributed by atoms with Gasteiger partial charge in [0.1, 0.15) is 11.6 Å². The average molecular weight is 428 g/mol. The lowest BCUT2D eigenvalue weighted by Gasteiger charge is -2.32. The monoisotopic (exact) mass is 428 g/mol. The number of aliphatic hydroxyl groups is 2. The van der Waals surface area contributed by atoms with E-state index in [0.29, 0.717) is 30.9 Å². The SMILES string of the molecule is N#Cc1cc(F)cc(O[C@](O)(NS(=O)(=O)c2cccc3c2CCC3)C(O)(F)F)c1. The normalized spacial score (nSPS) is 16.0. The number of nitriles is 1. The molecule has 1 aliphatic carbocycles. The van der Waals surface area contributed by atoms with E-state index in [9.17, 15) is 26.7 Å². The summed E-state index contributed by atoms with van der Waals surface area (Å²) >= 11 is 0. The minimum absolute atomic E-state index is 0.340. The third-order valence-electron chi connectivity index (χ3n) is 4.34. The second-order valence-electron chi connectivity index (χ2n) is 6.43. The number of aryl methyl sites for hydroxylation is 1. The van der Waals surface area contributed by atoms with Gasteiger partial charge in [-0.15, -0.1) is 4.72 Å². The second-order valence-corrected chi connectivity index (χ2v) is 8.08. The molecule has 29 heavy (non-hydrogen) atoms. The molecule has 0 fully saturated rings.